The third-order valence-corrected chi connectivity index (χ3v) is 6.65. The smallest absolute Gasteiger partial charge is 0.493 e. The van der Waals surface area contributed by atoms with Crippen LogP contribution in [-0.2, 0) is 17.9 Å². The molecule has 0 saturated heterocycles. The summed E-state index contributed by atoms with van der Waals surface area (Å²) in [6.07, 6.45) is 6.53. The second kappa shape index (κ2) is 11.0. The highest BCUT2D eigenvalue weighted by Crippen LogP contribution is 2.44. The van der Waals surface area contributed by atoms with Gasteiger partial charge in [-0.1, -0.05) is 12.1 Å². The van der Waals surface area contributed by atoms with Crippen LogP contribution in [0.2, 0.25) is 0 Å². The summed E-state index contributed by atoms with van der Waals surface area (Å²) in [4.78, 5) is 13.5. The molecule has 1 fully saturated rings. The van der Waals surface area contributed by atoms with Crippen molar-refractivity contribution < 1.29 is 27.5 Å². The predicted octanol–water partition coefficient (Wildman–Crippen LogP) is 4.58. The van der Waals surface area contributed by atoms with Crippen LogP contribution in [0.1, 0.15) is 26.2 Å². The molecule has 3 atom stereocenters. The van der Waals surface area contributed by atoms with Gasteiger partial charge >= 0.3 is 6.36 Å². The molecule has 0 unspecified atom stereocenters. The Balaban J connectivity index is 1.50. The number of aromatic nitrogens is 5. The molecule has 0 radical (unpaired) electrons. The number of oxime groups is 1. The molecule has 1 saturated carbocycles. The van der Waals surface area contributed by atoms with Crippen molar-refractivity contribution in [3.8, 4) is 11.5 Å². The van der Waals surface area contributed by atoms with Crippen LogP contribution in [0.4, 0.5) is 13.2 Å². The molecule has 2 heterocycles. The van der Waals surface area contributed by atoms with E-state index in [1.165, 1.54) is 30.6 Å². The molecule has 36 heavy (non-hydrogen) atoms. The average Bonchev–Trinajstić information content (AvgIpc) is 3.54. The van der Waals surface area contributed by atoms with Crippen molar-refractivity contribution in [2.45, 2.75) is 45.6 Å². The lowest BCUT2D eigenvalue weighted by molar-refractivity contribution is -0.274. The largest absolute Gasteiger partial charge is 0.573 e. The maximum absolute atomic E-state index is 12.4. The normalized spacial score (nSPS) is 23.5. The number of halogens is 3. The maximum Gasteiger partial charge on any atom is 0.573 e. The van der Waals surface area contributed by atoms with Gasteiger partial charge in [0.15, 0.2) is 0 Å². The molecule has 1 aliphatic rings. The van der Waals surface area contributed by atoms with Crippen molar-refractivity contribution in [3.63, 3.8) is 0 Å². The Morgan fingerprint density at radius 1 is 1.14 bits per heavy atom. The molecule has 0 amide bonds. The Bertz CT molecular complexity index is 1100. The molecule has 4 rings (SSSR count). The first-order valence-electron chi connectivity index (χ1n) is 11.6. The van der Waals surface area contributed by atoms with E-state index in [9.17, 15) is 13.2 Å². The van der Waals surface area contributed by atoms with Crippen LogP contribution >= 0.6 is 0 Å². The third-order valence-electron chi connectivity index (χ3n) is 6.65. The summed E-state index contributed by atoms with van der Waals surface area (Å²) in [7, 11) is 1.54. The van der Waals surface area contributed by atoms with E-state index >= 15 is 0 Å². The topological polar surface area (TPSA) is 88.6 Å². The van der Waals surface area contributed by atoms with E-state index in [2.05, 4.69) is 31.9 Å². The molecule has 0 bridgehead atoms. The Morgan fingerprint density at radius 3 is 2.56 bits per heavy atom. The second-order valence-corrected chi connectivity index (χ2v) is 9.12. The quantitative estimate of drug-likeness (QED) is 0.374. The molecule has 9 nitrogen and oxygen atoms in total. The summed E-state index contributed by atoms with van der Waals surface area (Å²) in [5.41, 5.74) is 0.730. The zero-order chi connectivity index (χ0) is 25.6. The third kappa shape index (κ3) is 6.55. The van der Waals surface area contributed by atoms with Crippen LogP contribution in [0.3, 0.4) is 0 Å². The summed E-state index contributed by atoms with van der Waals surface area (Å²) < 4.78 is 51.1. The van der Waals surface area contributed by atoms with E-state index in [-0.39, 0.29) is 23.0 Å². The monoisotopic (exact) mass is 506 g/mol. The van der Waals surface area contributed by atoms with E-state index in [4.69, 9.17) is 9.57 Å². The average molecular weight is 507 g/mol. The van der Waals surface area contributed by atoms with Crippen LogP contribution in [-0.4, -0.2) is 50.1 Å². The van der Waals surface area contributed by atoms with E-state index in [0.717, 1.165) is 31.5 Å². The van der Waals surface area contributed by atoms with Gasteiger partial charge in [-0.2, -0.15) is 5.10 Å². The first-order valence-corrected chi connectivity index (χ1v) is 11.6. The van der Waals surface area contributed by atoms with Gasteiger partial charge < -0.3 is 18.9 Å². The molecular weight excluding hydrogens is 477 g/mol. The lowest BCUT2D eigenvalue weighted by Gasteiger charge is -2.43. The van der Waals surface area contributed by atoms with E-state index in [1.807, 2.05) is 10.8 Å². The van der Waals surface area contributed by atoms with E-state index in [0.29, 0.717) is 18.9 Å². The molecular formula is C24H29F3N6O3. The fourth-order valence-electron chi connectivity index (χ4n) is 4.73. The van der Waals surface area contributed by atoms with Crippen molar-refractivity contribution in [2.75, 3.05) is 13.7 Å². The van der Waals surface area contributed by atoms with Crippen LogP contribution < -0.4 is 9.47 Å². The summed E-state index contributed by atoms with van der Waals surface area (Å²) in [5, 5.41) is 8.78. The molecule has 1 aliphatic carbocycles. The summed E-state index contributed by atoms with van der Waals surface area (Å²) >= 11 is 0. The van der Waals surface area contributed by atoms with Gasteiger partial charge in [-0.3, -0.25) is 4.68 Å². The van der Waals surface area contributed by atoms with Crippen LogP contribution in [0.5, 0.6) is 11.5 Å². The van der Waals surface area contributed by atoms with Crippen LogP contribution in [0, 0.1) is 17.3 Å². The number of hydrogen-bond donors (Lipinski definition) is 0. The van der Waals surface area contributed by atoms with Crippen molar-refractivity contribution in [3.05, 3.63) is 55.6 Å². The highest BCUT2D eigenvalue weighted by Gasteiger charge is 2.44. The Morgan fingerprint density at radius 2 is 1.92 bits per heavy atom. The van der Waals surface area contributed by atoms with Crippen LogP contribution in [0.15, 0.2) is 60.8 Å². The number of ether oxygens (including phenoxy) is 2. The van der Waals surface area contributed by atoms with Gasteiger partial charge in [0.25, 0.3) is 0 Å². The van der Waals surface area contributed by atoms with Gasteiger partial charge in [0.1, 0.15) is 31.3 Å². The number of nitrogens with zero attached hydrogens (tertiary/aromatic N) is 6. The number of hydrogen-bond acceptors (Lipinski definition) is 7. The molecule has 2 aromatic heterocycles. The lowest BCUT2D eigenvalue weighted by Crippen LogP contribution is -2.46. The first kappa shape index (κ1) is 25.5. The zero-order valence-corrected chi connectivity index (χ0v) is 20.1. The molecule has 0 N–H and O–H groups in total. The van der Waals surface area contributed by atoms with E-state index in [1.54, 1.807) is 30.6 Å². The number of benzene rings is 1. The van der Waals surface area contributed by atoms with Gasteiger partial charge in [0.2, 0.25) is 0 Å². The summed E-state index contributed by atoms with van der Waals surface area (Å²) in [6, 6.07) is 5.41. The highest BCUT2D eigenvalue weighted by molar-refractivity contribution is 5.92. The van der Waals surface area contributed by atoms with E-state index < -0.39 is 6.36 Å². The highest BCUT2D eigenvalue weighted by atomic mass is 19.4. The Hall–Kier alpha value is -3.57. The van der Waals surface area contributed by atoms with Crippen molar-refractivity contribution in [2.24, 2.45) is 22.4 Å². The van der Waals surface area contributed by atoms with Gasteiger partial charge in [-0.05, 0) is 43.5 Å². The Labute approximate surface area is 206 Å². The van der Waals surface area contributed by atoms with Gasteiger partial charge in [-0.25, -0.2) is 9.97 Å². The van der Waals surface area contributed by atoms with Crippen LogP contribution in [0.25, 0.3) is 0 Å². The number of aryl methyl sites for hydroxylation is 1. The van der Waals surface area contributed by atoms with Crippen molar-refractivity contribution in [1.82, 2.24) is 24.3 Å². The minimum absolute atomic E-state index is 0.0407. The molecule has 12 heteroatoms. The number of imidazole rings is 1. The lowest BCUT2D eigenvalue weighted by atomic mass is 9.63. The molecule has 1 aromatic carbocycles. The molecule has 0 aliphatic heterocycles. The fourth-order valence-corrected chi connectivity index (χ4v) is 4.73. The maximum atomic E-state index is 12.4. The number of rotatable bonds is 10. The second-order valence-electron chi connectivity index (χ2n) is 9.12. The molecule has 0 spiro atoms. The minimum atomic E-state index is -4.74. The SMILES string of the molecule is CON=C1[C@@H](Cn2cncn2)[C@H](COc2ccc(OC(F)(F)F)cc2)CC[C@@]1(C)CCn1ccnc1. The standard InChI is InChI=1S/C24H29F3N6O3/c1-23(9-11-32-12-10-28-16-32)8-7-18(21(22(23)31-34-2)13-33-17-29-15-30-33)14-35-19-3-5-20(6-4-19)36-24(25,26)27/h3-6,10,12,15-18,21H,7-9,11,13-14H2,1-2H3/t18-,21-,23-/m0/s1. The van der Waals surface area contributed by atoms with Gasteiger partial charge in [0, 0.05) is 36.2 Å². The molecule has 3 aromatic rings. The van der Waals surface area contributed by atoms with Crippen molar-refractivity contribution >= 4 is 5.71 Å². The summed E-state index contributed by atoms with van der Waals surface area (Å²) in [5.74, 6) is 0.207. The molecule has 194 valence electrons. The zero-order valence-electron chi connectivity index (χ0n) is 20.1. The van der Waals surface area contributed by atoms with Gasteiger partial charge in [0.05, 0.1) is 25.2 Å². The number of alkyl halides is 3. The van der Waals surface area contributed by atoms with Gasteiger partial charge in [-0.15, -0.1) is 13.2 Å². The fraction of sp³-hybridized carbons (Fsp3) is 0.500. The first-order chi connectivity index (χ1) is 17.3. The minimum Gasteiger partial charge on any atom is -0.493 e. The Kier molecular flexibility index (Phi) is 7.80. The van der Waals surface area contributed by atoms with Crippen molar-refractivity contribution in [1.29, 1.82) is 0 Å². The summed E-state index contributed by atoms with van der Waals surface area (Å²) in [6.45, 7) is 3.91. The predicted molar refractivity (Wildman–Crippen MR) is 124 cm³/mol.